The normalized spacial score (nSPS) is 50.1. The second kappa shape index (κ2) is 6.33. The van der Waals surface area contributed by atoms with Gasteiger partial charge in [0.15, 0.2) is 11.6 Å². The number of allylic oxidation sites excluding steroid dienone is 4. The average Bonchev–Trinajstić information content (AvgIpc) is 3.55. The van der Waals surface area contributed by atoms with E-state index in [-0.39, 0.29) is 45.6 Å². The first kappa shape index (κ1) is 22.7. The molecule has 1 spiro atoms. The SMILES string of the molecule is CC1(C)CC[C@]2(O)CC[C@]3(C)[C@H](C(=O)C=C4[C@@]5(C)C=C(C#N)C(=O)C6(CC6)[C@@H]5CC[C@]43C)[C@@H]2C1. The van der Waals surface area contributed by atoms with Crippen molar-refractivity contribution in [3.63, 3.8) is 0 Å². The molecule has 6 aliphatic rings. The van der Waals surface area contributed by atoms with Crippen molar-refractivity contribution in [2.24, 2.45) is 44.8 Å². The fourth-order valence-electron chi connectivity index (χ4n) is 9.98. The molecule has 0 heterocycles. The molecule has 0 aromatic heterocycles. The van der Waals surface area contributed by atoms with Gasteiger partial charge in [0.2, 0.25) is 0 Å². The molecule has 6 aliphatic carbocycles. The monoisotopic (exact) mass is 461 g/mol. The first-order valence-corrected chi connectivity index (χ1v) is 13.4. The minimum atomic E-state index is -0.735. The number of carbonyl (C=O) groups excluding carboxylic acids is 2. The first-order valence-electron chi connectivity index (χ1n) is 13.4. The van der Waals surface area contributed by atoms with E-state index in [4.69, 9.17) is 0 Å². The van der Waals surface area contributed by atoms with E-state index in [1.807, 2.05) is 12.2 Å². The van der Waals surface area contributed by atoms with Gasteiger partial charge in [-0.1, -0.05) is 46.3 Å². The molecule has 182 valence electrons. The number of nitrogens with zero attached hydrogens (tertiary/aromatic N) is 1. The number of fused-ring (bicyclic) bond motifs is 8. The molecule has 0 aromatic carbocycles. The third kappa shape index (κ3) is 2.48. The van der Waals surface area contributed by atoms with Crippen LogP contribution >= 0.6 is 0 Å². The largest absolute Gasteiger partial charge is 0.390 e. The Kier molecular flexibility index (Phi) is 4.23. The maximum Gasteiger partial charge on any atom is 0.179 e. The Bertz CT molecular complexity index is 1120. The molecule has 0 saturated heterocycles. The molecule has 0 aliphatic heterocycles. The highest BCUT2D eigenvalue weighted by molar-refractivity contribution is 6.06. The highest BCUT2D eigenvalue weighted by Gasteiger charge is 2.72. The molecule has 4 fully saturated rings. The van der Waals surface area contributed by atoms with Crippen molar-refractivity contribution >= 4 is 11.6 Å². The summed E-state index contributed by atoms with van der Waals surface area (Å²) < 4.78 is 0. The van der Waals surface area contributed by atoms with Crippen molar-refractivity contribution < 1.29 is 14.7 Å². The Hall–Kier alpha value is -1.73. The Morgan fingerprint density at radius 2 is 1.65 bits per heavy atom. The number of aliphatic hydroxyl groups is 1. The summed E-state index contributed by atoms with van der Waals surface area (Å²) in [7, 11) is 0. The predicted octanol–water partition coefficient (Wildman–Crippen LogP) is 5.70. The number of nitriles is 1. The average molecular weight is 462 g/mol. The van der Waals surface area contributed by atoms with Crippen molar-refractivity contribution in [3.05, 3.63) is 23.3 Å². The summed E-state index contributed by atoms with van der Waals surface area (Å²) in [5.41, 5.74) is -0.389. The molecule has 0 unspecified atom stereocenters. The molecule has 4 heteroatoms. The van der Waals surface area contributed by atoms with Gasteiger partial charge in [-0.05, 0) is 91.9 Å². The smallest absolute Gasteiger partial charge is 0.179 e. The van der Waals surface area contributed by atoms with Gasteiger partial charge in [-0.15, -0.1) is 0 Å². The van der Waals surface area contributed by atoms with Gasteiger partial charge < -0.3 is 5.11 Å². The Morgan fingerprint density at radius 3 is 2.29 bits per heavy atom. The van der Waals surface area contributed by atoms with E-state index in [1.165, 1.54) is 0 Å². The van der Waals surface area contributed by atoms with Gasteiger partial charge in [0, 0.05) is 16.7 Å². The van der Waals surface area contributed by atoms with Crippen molar-refractivity contribution in [3.8, 4) is 6.07 Å². The van der Waals surface area contributed by atoms with E-state index in [0.717, 1.165) is 63.4 Å². The van der Waals surface area contributed by atoms with E-state index in [0.29, 0.717) is 5.57 Å². The Morgan fingerprint density at radius 1 is 0.971 bits per heavy atom. The molecule has 4 saturated carbocycles. The van der Waals surface area contributed by atoms with Gasteiger partial charge in [0.05, 0.1) is 11.2 Å². The molecule has 0 radical (unpaired) electrons. The van der Waals surface area contributed by atoms with Gasteiger partial charge in [0.1, 0.15) is 6.07 Å². The minimum absolute atomic E-state index is 0.00410. The number of hydrogen-bond acceptors (Lipinski definition) is 4. The zero-order valence-corrected chi connectivity index (χ0v) is 21.5. The van der Waals surface area contributed by atoms with Crippen LogP contribution in [0.15, 0.2) is 23.3 Å². The highest BCUT2D eigenvalue weighted by Crippen LogP contribution is 2.75. The van der Waals surface area contributed by atoms with Crippen molar-refractivity contribution in [2.45, 2.75) is 98.0 Å². The summed E-state index contributed by atoms with van der Waals surface area (Å²) in [6.45, 7) is 11.4. The Labute approximate surface area is 203 Å². The van der Waals surface area contributed by atoms with Crippen LogP contribution in [0.25, 0.3) is 0 Å². The summed E-state index contributed by atoms with van der Waals surface area (Å²) in [6, 6.07) is 2.21. The molecule has 1 N–H and O–H groups in total. The summed E-state index contributed by atoms with van der Waals surface area (Å²) in [6.07, 6.45) is 11.8. The maximum atomic E-state index is 14.1. The lowest BCUT2D eigenvalue weighted by Crippen LogP contribution is -2.66. The van der Waals surface area contributed by atoms with Crippen LogP contribution in [-0.2, 0) is 9.59 Å². The molecule has 6 rings (SSSR count). The summed E-state index contributed by atoms with van der Waals surface area (Å²) >= 11 is 0. The number of rotatable bonds is 0. The van der Waals surface area contributed by atoms with Crippen LogP contribution in [0.4, 0.5) is 0 Å². The fourth-order valence-corrected chi connectivity index (χ4v) is 9.98. The van der Waals surface area contributed by atoms with E-state index in [1.54, 1.807) is 0 Å². The van der Waals surface area contributed by atoms with Crippen molar-refractivity contribution in [1.29, 1.82) is 5.26 Å². The second-order valence-electron chi connectivity index (χ2n) is 14.3. The number of carbonyl (C=O) groups is 2. The molecule has 0 aromatic rings. The molecular weight excluding hydrogens is 422 g/mol. The van der Waals surface area contributed by atoms with Crippen LogP contribution in [-0.4, -0.2) is 22.3 Å². The first-order chi connectivity index (χ1) is 15.8. The van der Waals surface area contributed by atoms with Crippen LogP contribution < -0.4 is 0 Å². The lowest BCUT2D eigenvalue weighted by Gasteiger charge is -2.68. The quantitative estimate of drug-likeness (QED) is 0.501. The molecule has 34 heavy (non-hydrogen) atoms. The van der Waals surface area contributed by atoms with Crippen LogP contribution in [0.3, 0.4) is 0 Å². The van der Waals surface area contributed by atoms with E-state index >= 15 is 0 Å². The maximum absolute atomic E-state index is 14.1. The molecule has 7 atom stereocenters. The minimum Gasteiger partial charge on any atom is -0.390 e. The third-order valence-corrected chi connectivity index (χ3v) is 12.3. The van der Waals surface area contributed by atoms with E-state index in [9.17, 15) is 20.0 Å². The molecular formula is C30H39NO3. The van der Waals surface area contributed by atoms with Crippen molar-refractivity contribution in [1.82, 2.24) is 0 Å². The van der Waals surface area contributed by atoms with Gasteiger partial charge in [-0.2, -0.15) is 5.26 Å². The number of hydrogen-bond donors (Lipinski definition) is 1. The van der Waals surface area contributed by atoms with Crippen LogP contribution in [0, 0.1) is 56.2 Å². The summed E-state index contributed by atoms with van der Waals surface area (Å²) in [4.78, 5) is 27.3. The topological polar surface area (TPSA) is 78.2 Å². The fraction of sp³-hybridized carbons (Fsp3) is 0.767. The number of Topliss-reactive ketones (excluding diaryl/α,β-unsaturated/α-hetero) is 1. The molecule has 4 nitrogen and oxygen atoms in total. The lowest BCUT2D eigenvalue weighted by atomic mass is 9.36. The third-order valence-electron chi connectivity index (χ3n) is 12.3. The van der Waals surface area contributed by atoms with Crippen molar-refractivity contribution in [2.75, 3.05) is 0 Å². The summed E-state index contributed by atoms with van der Waals surface area (Å²) in [5, 5.41) is 21.6. The lowest BCUT2D eigenvalue weighted by molar-refractivity contribution is -0.194. The van der Waals surface area contributed by atoms with Crippen LogP contribution in [0.5, 0.6) is 0 Å². The molecule has 0 bridgehead atoms. The molecule has 0 amide bonds. The standard InChI is InChI=1S/C30H39NO3/c1-25(2)8-12-30(34)13-9-28(5)23(19(30)16-25)20(32)14-22-26(3)15-18(17-31)24(33)29(10-11-29)21(26)6-7-27(22,28)4/h14-15,19,21,23,34H,6-13,16H2,1-5H3/t19-,21+,23-,26-,27+,28+,30-/m0/s1. The predicted molar refractivity (Wildman–Crippen MR) is 129 cm³/mol. The van der Waals surface area contributed by atoms with Gasteiger partial charge in [-0.25, -0.2) is 0 Å². The van der Waals surface area contributed by atoms with Gasteiger partial charge in [0.25, 0.3) is 0 Å². The van der Waals surface area contributed by atoms with Gasteiger partial charge in [-0.3, -0.25) is 9.59 Å². The zero-order valence-electron chi connectivity index (χ0n) is 21.5. The zero-order chi connectivity index (χ0) is 24.5. The number of ketones is 2. The second-order valence-corrected chi connectivity index (χ2v) is 14.3. The van der Waals surface area contributed by atoms with Gasteiger partial charge >= 0.3 is 0 Å². The highest BCUT2D eigenvalue weighted by atomic mass is 16.3. The Balaban J connectivity index is 1.52. The van der Waals surface area contributed by atoms with E-state index in [2.05, 4.69) is 40.7 Å². The van der Waals surface area contributed by atoms with E-state index < -0.39 is 16.4 Å². The summed E-state index contributed by atoms with van der Waals surface area (Å²) in [5.74, 6) is 0.215. The van der Waals surface area contributed by atoms with Crippen LogP contribution in [0.2, 0.25) is 0 Å². The van der Waals surface area contributed by atoms with Crippen LogP contribution in [0.1, 0.15) is 92.4 Å².